The average molecular weight is 267 g/mol. The molecule has 0 fully saturated rings. The predicted octanol–water partition coefficient (Wildman–Crippen LogP) is 2.85. The summed E-state index contributed by atoms with van der Waals surface area (Å²) in [5.41, 5.74) is 0.00764. The molecule has 0 spiro atoms. The minimum absolute atomic E-state index is 0.00764. The molecule has 6 heteroatoms. The number of hydrogen-bond donors (Lipinski definition) is 2. The summed E-state index contributed by atoms with van der Waals surface area (Å²) in [6.45, 7) is 0. The SMILES string of the molecule is COc1ccsc1C(=O)Nc1ccc(O)cc1F. The third kappa shape index (κ3) is 2.43. The first-order valence-electron chi connectivity index (χ1n) is 5.03. The van der Waals surface area contributed by atoms with Crippen molar-refractivity contribution in [1.82, 2.24) is 0 Å². The maximum atomic E-state index is 13.4. The van der Waals surface area contributed by atoms with E-state index in [1.54, 1.807) is 11.4 Å². The Hall–Kier alpha value is -2.08. The topological polar surface area (TPSA) is 58.6 Å². The zero-order valence-electron chi connectivity index (χ0n) is 9.44. The molecule has 0 aliphatic carbocycles. The second-order valence-corrected chi connectivity index (χ2v) is 4.35. The van der Waals surface area contributed by atoms with Crippen LogP contribution in [0, 0.1) is 5.82 Å². The maximum absolute atomic E-state index is 13.4. The van der Waals surface area contributed by atoms with Crippen LogP contribution >= 0.6 is 11.3 Å². The minimum atomic E-state index is -0.695. The van der Waals surface area contributed by atoms with Gasteiger partial charge < -0.3 is 15.2 Å². The number of nitrogens with one attached hydrogen (secondary N) is 1. The van der Waals surface area contributed by atoms with E-state index in [1.165, 1.54) is 30.6 Å². The number of anilines is 1. The Kier molecular flexibility index (Phi) is 3.47. The fraction of sp³-hybridized carbons (Fsp3) is 0.0833. The van der Waals surface area contributed by atoms with Crippen LogP contribution in [0.3, 0.4) is 0 Å². The number of ether oxygens (including phenoxy) is 1. The van der Waals surface area contributed by atoms with Crippen LogP contribution in [-0.2, 0) is 0 Å². The molecule has 1 aromatic heterocycles. The van der Waals surface area contributed by atoms with Crippen molar-refractivity contribution in [1.29, 1.82) is 0 Å². The lowest BCUT2D eigenvalue weighted by Crippen LogP contribution is -2.12. The molecule has 18 heavy (non-hydrogen) atoms. The van der Waals surface area contributed by atoms with Crippen LogP contribution in [0.4, 0.5) is 10.1 Å². The zero-order valence-corrected chi connectivity index (χ0v) is 10.3. The van der Waals surface area contributed by atoms with Crippen molar-refractivity contribution in [2.24, 2.45) is 0 Å². The molecular formula is C12H10FNO3S. The van der Waals surface area contributed by atoms with Crippen LogP contribution in [-0.4, -0.2) is 18.1 Å². The van der Waals surface area contributed by atoms with Gasteiger partial charge in [0, 0.05) is 6.07 Å². The third-order valence-corrected chi connectivity index (χ3v) is 3.15. The number of halogens is 1. The van der Waals surface area contributed by atoms with Gasteiger partial charge in [-0.2, -0.15) is 0 Å². The van der Waals surface area contributed by atoms with Crippen LogP contribution in [0.2, 0.25) is 0 Å². The van der Waals surface area contributed by atoms with Gasteiger partial charge in [-0.1, -0.05) is 0 Å². The monoisotopic (exact) mass is 267 g/mol. The van der Waals surface area contributed by atoms with E-state index in [2.05, 4.69) is 5.32 Å². The number of aromatic hydroxyl groups is 1. The second kappa shape index (κ2) is 5.05. The quantitative estimate of drug-likeness (QED) is 0.841. The predicted molar refractivity (Wildman–Crippen MR) is 66.9 cm³/mol. The summed E-state index contributed by atoms with van der Waals surface area (Å²) in [5, 5.41) is 13.2. The maximum Gasteiger partial charge on any atom is 0.269 e. The van der Waals surface area contributed by atoms with E-state index in [-0.39, 0.29) is 11.4 Å². The lowest BCUT2D eigenvalue weighted by molar-refractivity contribution is 0.102. The van der Waals surface area contributed by atoms with Gasteiger partial charge in [0.15, 0.2) is 0 Å². The van der Waals surface area contributed by atoms with Gasteiger partial charge in [0.05, 0.1) is 12.8 Å². The van der Waals surface area contributed by atoms with Crippen molar-refractivity contribution >= 4 is 22.9 Å². The van der Waals surface area contributed by atoms with Crippen molar-refractivity contribution in [3.05, 3.63) is 40.3 Å². The highest BCUT2D eigenvalue weighted by Crippen LogP contribution is 2.26. The zero-order chi connectivity index (χ0) is 13.1. The third-order valence-electron chi connectivity index (χ3n) is 2.26. The van der Waals surface area contributed by atoms with E-state index in [0.717, 1.165) is 6.07 Å². The fourth-order valence-corrected chi connectivity index (χ4v) is 2.16. The molecule has 0 aliphatic rings. The smallest absolute Gasteiger partial charge is 0.269 e. The molecule has 4 nitrogen and oxygen atoms in total. The van der Waals surface area contributed by atoms with E-state index >= 15 is 0 Å². The fourth-order valence-electron chi connectivity index (χ4n) is 1.41. The van der Waals surface area contributed by atoms with E-state index in [1.807, 2.05) is 0 Å². The minimum Gasteiger partial charge on any atom is -0.508 e. The number of carbonyl (C=O) groups is 1. The molecule has 2 aromatic rings. The van der Waals surface area contributed by atoms with Gasteiger partial charge in [-0.3, -0.25) is 4.79 Å². The van der Waals surface area contributed by atoms with Gasteiger partial charge in [-0.25, -0.2) is 4.39 Å². The van der Waals surface area contributed by atoms with Crippen LogP contribution in [0.15, 0.2) is 29.6 Å². The molecular weight excluding hydrogens is 257 g/mol. The molecule has 0 radical (unpaired) electrons. The van der Waals surface area contributed by atoms with Gasteiger partial charge in [-0.05, 0) is 23.6 Å². The van der Waals surface area contributed by atoms with E-state index in [9.17, 15) is 9.18 Å². The molecule has 94 valence electrons. The number of phenols is 1. The van der Waals surface area contributed by atoms with Crippen LogP contribution in [0.5, 0.6) is 11.5 Å². The Morgan fingerprint density at radius 1 is 1.44 bits per heavy atom. The number of benzene rings is 1. The molecule has 1 heterocycles. The molecule has 2 N–H and O–H groups in total. The first-order valence-corrected chi connectivity index (χ1v) is 5.91. The number of methoxy groups -OCH3 is 1. The Labute approximate surface area is 107 Å². The van der Waals surface area contributed by atoms with Crippen molar-refractivity contribution in [3.8, 4) is 11.5 Å². The van der Waals surface area contributed by atoms with E-state index in [4.69, 9.17) is 9.84 Å². The lowest BCUT2D eigenvalue weighted by Gasteiger charge is -2.06. The van der Waals surface area contributed by atoms with E-state index < -0.39 is 11.7 Å². The summed E-state index contributed by atoms with van der Waals surface area (Å²) in [4.78, 5) is 12.2. The molecule has 1 aromatic carbocycles. The molecule has 0 atom stereocenters. The molecule has 2 rings (SSSR count). The van der Waals surface area contributed by atoms with E-state index in [0.29, 0.717) is 10.6 Å². The Bertz CT molecular complexity index is 582. The highest BCUT2D eigenvalue weighted by Gasteiger charge is 2.15. The van der Waals surface area contributed by atoms with Crippen LogP contribution in [0.25, 0.3) is 0 Å². The number of carbonyl (C=O) groups excluding carboxylic acids is 1. The van der Waals surface area contributed by atoms with Gasteiger partial charge in [0.25, 0.3) is 5.91 Å². The highest BCUT2D eigenvalue weighted by atomic mass is 32.1. The Morgan fingerprint density at radius 2 is 2.22 bits per heavy atom. The standard InChI is InChI=1S/C12H10FNO3S/c1-17-10-4-5-18-11(10)12(16)14-9-3-2-7(15)6-8(9)13/h2-6,15H,1H3,(H,14,16). The molecule has 0 aliphatic heterocycles. The van der Waals surface area contributed by atoms with Crippen molar-refractivity contribution in [3.63, 3.8) is 0 Å². The van der Waals surface area contributed by atoms with Crippen molar-refractivity contribution in [2.45, 2.75) is 0 Å². The number of rotatable bonds is 3. The average Bonchev–Trinajstić information content (AvgIpc) is 2.81. The summed E-state index contributed by atoms with van der Waals surface area (Å²) in [7, 11) is 1.46. The molecule has 0 bridgehead atoms. The summed E-state index contributed by atoms with van der Waals surface area (Å²) >= 11 is 1.20. The first-order chi connectivity index (χ1) is 8.61. The Morgan fingerprint density at radius 3 is 2.89 bits per heavy atom. The highest BCUT2D eigenvalue weighted by molar-refractivity contribution is 7.12. The van der Waals surface area contributed by atoms with Crippen LogP contribution in [0.1, 0.15) is 9.67 Å². The van der Waals surface area contributed by atoms with Crippen molar-refractivity contribution in [2.75, 3.05) is 12.4 Å². The van der Waals surface area contributed by atoms with Crippen molar-refractivity contribution < 1.29 is 19.0 Å². The Balaban J connectivity index is 2.21. The lowest BCUT2D eigenvalue weighted by atomic mass is 10.3. The number of phenolic OH excluding ortho intramolecular Hbond substituents is 1. The summed E-state index contributed by atoms with van der Waals surface area (Å²) < 4.78 is 18.4. The van der Waals surface area contributed by atoms with Crippen LogP contribution < -0.4 is 10.1 Å². The molecule has 0 saturated heterocycles. The van der Waals surface area contributed by atoms with Gasteiger partial charge in [0.1, 0.15) is 22.2 Å². The second-order valence-electron chi connectivity index (χ2n) is 3.44. The molecule has 0 unspecified atom stereocenters. The number of thiophene rings is 1. The normalized spacial score (nSPS) is 10.1. The molecule has 0 saturated carbocycles. The first kappa shape index (κ1) is 12.4. The largest absolute Gasteiger partial charge is 0.508 e. The summed E-state index contributed by atoms with van der Waals surface area (Å²) in [6, 6.07) is 5.18. The van der Waals surface area contributed by atoms with Gasteiger partial charge in [-0.15, -0.1) is 11.3 Å². The summed E-state index contributed by atoms with van der Waals surface area (Å²) in [6.07, 6.45) is 0. The van der Waals surface area contributed by atoms with Gasteiger partial charge >= 0.3 is 0 Å². The number of hydrogen-bond acceptors (Lipinski definition) is 4. The summed E-state index contributed by atoms with van der Waals surface area (Å²) in [5.74, 6) is -0.902. The number of amides is 1. The molecule has 1 amide bonds. The van der Waals surface area contributed by atoms with Gasteiger partial charge in [0.2, 0.25) is 0 Å².